The van der Waals surface area contributed by atoms with Gasteiger partial charge in [-0.2, -0.15) is 4.31 Å². The highest BCUT2D eigenvalue weighted by molar-refractivity contribution is 9.10. The van der Waals surface area contributed by atoms with E-state index in [1.807, 2.05) is 0 Å². The Hall–Kier alpha value is 0.0900. The van der Waals surface area contributed by atoms with E-state index < -0.39 is 10.0 Å². The quantitative estimate of drug-likeness (QED) is 0.735. The van der Waals surface area contributed by atoms with Crippen LogP contribution in [0, 0.1) is 5.92 Å². The van der Waals surface area contributed by atoms with Gasteiger partial charge in [0.2, 0.25) is 10.0 Å². The average Bonchev–Trinajstić information content (AvgIpc) is 2.39. The van der Waals surface area contributed by atoms with Gasteiger partial charge in [0, 0.05) is 22.9 Å². The van der Waals surface area contributed by atoms with Gasteiger partial charge < -0.3 is 0 Å². The van der Waals surface area contributed by atoms with E-state index in [9.17, 15) is 8.42 Å². The van der Waals surface area contributed by atoms with Gasteiger partial charge >= 0.3 is 0 Å². The summed E-state index contributed by atoms with van der Waals surface area (Å²) < 4.78 is 27.3. The van der Waals surface area contributed by atoms with Crippen molar-refractivity contribution in [3.63, 3.8) is 0 Å². The molecule has 18 heavy (non-hydrogen) atoms. The minimum absolute atomic E-state index is 0.378. The lowest BCUT2D eigenvalue weighted by Gasteiger charge is -2.30. The Bertz CT molecular complexity index is 493. The Labute approximate surface area is 125 Å². The van der Waals surface area contributed by atoms with Crippen LogP contribution in [0.25, 0.3) is 0 Å². The van der Waals surface area contributed by atoms with Crippen molar-refractivity contribution in [2.75, 3.05) is 18.4 Å². The van der Waals surface area contributed by atoms with Crippen LogP contribution in [0.15, 0.2) is 33.6 Å². The molecule has 0 aromatic heterocycles. The summed E-state index contributed by atoms with van der Waals surface area (Å²) in [5.41, 5.74) is 0. The highest BCUT2D eigenvalue weighted by atomic mass is 79.9. The Morgan fingerprint density at radius 3 is 2.22 bits per heavy atom. The molecule has 0 spiro atoms. The fourth-order valence-electron chi connectivity index (χ4n) is 2.06. The zero-order chi connectivity index (χ0) is 13.2. The van der Waals surface area contributed by atoms with E-state index in [-0.39, 0.29) is 0 Å². The number of hydrogen-bond donors (Lipinski definition) is 0. The summed E-state index contributed by atoms with van der Waals surface area (Å²) >= 11 is 6.77. The lowest BCUT2D eigenvalue weighted by Crippen LogP contribution is -2.38. The third kappa shape index (κ3) is 3.15. The van der Waals surface area contributed by atoms with E-state index in [2.05, 4.69) is 31.9 Å². The number of piperidine rings is 1. The lowest BCUT2D eigenvalue weighted by atomic mass is 10.0. The monoisotopic (exact) mass is 395 g/mol. The van der Waals surface area contributed by atoms with Crippen molar-refractivity contribution in [3.8, 4) is 0 Å². The van der Waals surface area contributed by atoms with Gasteiger partial charge in [0.05, 0.1) is 4.90 Å². The smallest absolute Gasteiger partial charge is 0.207 e. The molecular weight excluding hydrogens is 382 g/mol. The number of benzene rings is 1. The van der Waals surface area contributed by atoms with Crippen molar-refractivity contribution >= 4 is 41.9 Å². The van der Waals surface area contributed by atoms with Crippen molar-refractivity contribution < 1.29 is 8.42 Å². The van der Waals surface area contributed by atoms with Crippen LogP contribution in [0.1, 0.15) is 12.8 Å². The van der Waals surface area contributed by atoms with Gasteiger partial charge in [0.25, 0.3) is 0 Å². The molecule has 0 saturated carbocycles. The van der Waals surface area contributed by atoms with E-state index in [1.165, 1.54) is 0 Å². The zero-order valence-electron chi connectivity index (χ0n) is 9.85. The summed E-state index contributed by atoms with van der Waals surface area (Å²) in [5.74, 6) is 0.598. The predicted molar refractivity (Wildman–Crippen MR) is 79.4 cm³/mol. The van der Waals surface area contributed by atoms with Gasteiger partial charge in [0.15, 0.2) is 0 Å². The maximum atomic E-state index is 12.4. The fourth-order valence-corrected chi connectivity index (χ4v) is 4.44. The van der Waals surface area contributed by atoms with Crippen LogP contribution in [0.2, 0.25) is 0 Å². The van der Waals surface area contributed by atoms with E-state index in [0.717, 1.165) is 22.6 Å². The fraction of sp³-hybridized carbons (Fsp3) is 0.500. The van der Waals surface area contributed by atoms with E-state index >= 15 is 0 Å². The SMILES string of the molecule is O=S(=O)(c1ccc(Br)cc1)N1CCC(CBr)CC1. The number of alkyl halides is 1. The molecule has 2 rings (SSSR count). The summed E-state index contributed by atoms with van der Waals surface area (Å²) in [6, 6.07) is 6.82. The van der Waals surface area contributed by atoms with Gasteiger partial charge in [-0.1, -0.05) is 31.9 Å². The molecule has 1 aromatic rings. The Balaban J connectivity index is 2.15. The second-order valence-electron chi connectivity index (χ2n) is 4.46. The molecule has 0 N–H and O–H groups in total. The van der Waals surface area contributed by atoms with Crippen LogP contribution in [-0.2, 0) is 10.0 Å². The van der Waals surface area contributed by atoms with Crippen LogP contribution in [0.3, 0.4) is 0 Å². The molecule has 6 heteroatoms. The minimum atomic E-state index is -3.31. The van der Waals surface area contributed by atoms with Crippen LogP contribution >= 0.6 is 31.9 Å². The van der Waals surface area contributed by atoms with Crippen LogP contribution < -0.4 is 0 Å². The number of sulfonamides is 1. The maximum absolute atomic E-state index is 12.4. The molecule has 1 aliphatic heterocycles. The molecule has 1 heterocycles. The normalized spacial score (nSPS) is 19.0. The second-order valence-corrected chi connectivity index (χ2v) is 7.96. The first-order chi connectivity index (χ1) is 8.54. The molecule has 0 amide bonds. The number of rotatable bonds is 3. The number of hydrogen-bond acceptors (Lipinski definition) is 2. The third-order valence-electron chi connectivity index (χ3n) is 3.24. The van der Waals surface area contributed by atoms with Crippen molar-refractivity contribution in [1.29, 1.82) is 0 Å². The molecule has 1 fully saturated rings. The number of nitrogens with zero attached hydrogens (tertiary/aromatic N) is 1. The molecular formula is C12H15Br2NO2S. The highest BCUT2D eigenvalue weighted by Crippen LogP contribution is 2.25. The summed E-state index contributed by atoms with van der Waals surface area (Å²) in [6.45, 7) is 1.24. The van der Waals surface area contributed by atoms with Crippen LogP contribution in [-0.4, -0.2) is 31.1 Å². The van der Waals surface area contributed by atoms with Gasteiger partial charge in [-0.3, -0.25) is 0 Å². The van der Waals surface area contributed by atoms with Crippen molar-refractivity contribution in [1.82, 2.24) is 4.31 Å². The van der Waals surface area contributed by atoms with Crippen molar-refractivity contribution in [3.05, 3.63) is 28.7 Å². The third-order valence-corrected chi connectivity index (χ3v) is 6.60. The Morgan fingerprint density at radius 1 is 1.17 bits per heavy atom. The minimum Gasteiger partial charge on any atom is -0.207 e. The van der Waals surface area contributed by atoms with Crippen LogP contribution in [0.5, 0.6) is 0 Å². The maximum Gasteiger partial charge on any atom is 0.243 e. The summed E-state index contributed by atoms with van der Waals surface area (Å²) in [6.07, 6.45) is 1.86. The summed E-state index contributed by atoms with van der Waals surface area (Å²) in [5, 5.41) is 0.958. The van der Waals surface area contributed by atoms with Gasteiger partial charge in [0.1, 0.15) is 0 Å². The zero-order valence-corrected chi connectivity index (χ0v) is 13.8. The molecule has 0 atom stereocenters. The first-order valence-electron chi connectivity index (χ1n) is 5.85. The number of halogens is 2. The second kappa shape index (κ2) is 6.03. The molecule has 1 aromatic carbocycles. The molecule has 0 unspecified atom stereocenters. The summed E-state index contributed by atoms with van der Waals surface area (Å²) in [4.78, 5) is 0.378. The first-order valence-corrected chi connectivity index (χ1v) is 9.21. The molecule has 0 radical (unpaired) electrons. The first kappa shape index (κ1) is 14.5. The topological polar surface area (TPSA) is 37.4 Å². The van der Waals surface area contributed by atoms with Crippen molar-refractivity contribution in [2.45, 2.75) is 17.7 Å². The molecule has 0 aliphatic carbocycles. The van der Waals surface area contributed by atoms with E-state index in [1.54, 1.807) is 28.6 Å². The van der Waals surface area contributed by atoms with Gasteiger partial charge in [-0.15, -0.1) is 0 Å². The molecule has 100 valence electrons. The Kier molecular flexibility index (Phi) is 4.86. The predicted octanol–water partition coefficient (Wildman–Crippen LogP) is 3.24. The summed E-state index contributed by atoms with van der Waals surface area (Å²) in [7, 11) is -3.31. The molecule has 1 aliphatic rings. The lowest BCUT2D eigenvalue weighted by molar-refractivity contribution is 0.292. The van der Waals surface area contributed by atoms with Gasteiger partial charge in [-0.25, -0.2) is 8.42 Å². The van der Waals surface area contributed by atoms with Crippen molar-refractivity contribution in [2.24, 2.45) is 5.92 Å². The van der Waals surface area contributed by atoms with E-state index in [0.29, 0.717) is 23.9 Å². The standard InChI is InChI=1S/C12H15Br2NO2S/c13-9-10-5-7-15(8-6-10)18(16,17)12-3-1-11(14)2-4-12/h1-4,10H,5-9H2. The molecule has 0 bridgehead atoms. The highest BCUT2D eigenvalue weighted by Gasteiger charge is 2.28. The van der Waals surface area contributed by atoms with Gasteiger partial charge in [-0.05, 0) is 43.0 Å². The molecule has 3 nitrogen and oxygen atoms in total. The molecule has 1 saturated heterocycles. The van der Waals surface area contributed by atoms with E-state index in [4.69, 9.17) is 0 Å². The van der Waals surface area contributed by atoms with Crippen LogP contribution in [0.4, 0.5) is 0 Å². The largest absolute Gasteiger partial charge is 0.243 e. The average molecular weight is 397 g/mol. The Morgan fingerprint density at radius 2 is 1.72 bits per heavy atom.